The Morgan fingerprint density at radius 2 is 2.06 bits per heavy atom. The lowest BCUT2D eigenvalue weighted by Crippen LogP contribution is -2.19. The molecule has 1 saturated carbocycles. The van der Waals surface area contributed by atoms with Crippen molar-refractivity contribution in [2.75, 3.05) is 7.11 Å². The Balaban J connectivity index is 2.19. The van der Waals surface area contributed by atoms with Gasteiger partial charge in [0.2, 0.25) is 0 Å². The van der Waals surface area contributed by atoms with Crippen LogP contribution in [0.1, 0.15) is 37.3 Å². The quantitative estimate of drug-likeness (QED) is 0.876. The van der Waals surface area contributed by atoms with Gasteiger partial charge >= 0.3 is 0 Å². The van der Waals surface area contributed by atoms with Gasteiger partial charge < -0.3 is 10.5 Å². The zero-order chi connectivity index (χ0) is 11.5. The van der Waals surface area contributed by atoms with Gasteiger partial charge in [0.25, 0.3) is 0 Å². The van der Waals surface area contributed by atoms with Crippen LogP contribution in [-0.4, -0.2) is 7.11 Å². The standard InChI is InChI=1S/C13H18ClNO/c1-16-12-8-10(6-7-11(12)14)13(15)9-4-2-3-5-9/h6-9,13H,2-5,15H2,1H3/t13-/m1/s1. The molecule has 2 rings (SSSR count). The SMILES string of the molecule is COc1cc([C@H](N)C2CCCC2)ccc1Cl. The highest BCUT2D eigenvalue weighted by molar-refractivity contribution is 6.32. The molecule has 0 aromatic heterocycles. The van der Waals surface area contributed by atoms with Gasteiger partial charge in [0.15, 0.2) is 0 Å². The van der Waals surface area contributed by atoms with Crippen LogP contribution in [0, 0.1) is 5.92 Å². The Bertz CT molecular complexity index is 361. The van der Waals surface area contributed by atoms with Crippen molar-refractivity contribution in [3.63, 3.8) is 0 Å². The molecule has 0 bridgehead atoms. The van der Waals surface area contributed by atoms with Crippen molar-refractivity contribution < 1.29 is 4.74 Å². The molecule has 2 nitrogen and oxygen atoms in total. The van der Waals surface area contributed by atoms with Crippen molar-refractivity contribution in [2.45, 2.75) is 31.7 Å². The number of rotatable bonds is 3. The maximum atomic E-state index is 6.28. The summed E-state index contributed by atoms with van der Waals surface area (Å²) in [6.45, 7) is 0. The third-order valence-electron chi connectivity index (χ3n) is 3.47. The molecule has 2 N–H and O–H groups in total. The van der Waals surface area contributed by atoms with E-state index in [-0.39, 0.29) is 6.04 Å². The highest BCUT2D eigenvalue weighted by Crippen LogP contribution is 2.36. The minimum Gasteiger partial charge on any atom is -0.495 e. The van der Waals surface area contributed by atoms with Gasteiger partial charge in [-0.05, 0) is 36.5 Å². The fourth-order valence-corrected chi connectivity index (χ4v) is 2.67. The molecule has 0 amide bonds. The number of benzene rings is 1. The average Bonchev–Trinajstić information content (AvgIpc) is 2.82. The number of hydrogen-bond donors (Lipinski definition) is 1. The summed E-state index contributed by atoms with van der Waals surface area (Å²) >= 11 is 5.99. The van der Waals surface area contributed by atoms with E-state index < -0.39 is 0 Å². The van der Waals surface area contributed by atoms with Gasteiger partial charge in [0.1, 0.15) is 5.75 Å². The minimum atomic E-state index is 0.119. The number of halogens is 1. The monoisotopic (exact) mass is 239 g/mol. The van der Waals surface area contributed by atoms with Crippen molar-refractivity contribution in [3.8, 4) is 5.75 Å². The topological polar surface area (TPSA) is 35.2 Å². The molecule has 0 aliphatic heterocycles. The maximum absolute atomic E-state index is 6.28. The van der Waals surface area contributed by atoms with Gasteiger partial charge in [-0.3, -0.25) is 0 Å². The molecule has 1 aromatic carbocycles. The first-order valence-corrected chi connectivity index (χ1v) is 6.19. The summed E-state index contributed by atoms with van der Waals surface area (Å²) in [6.07, 6.45) is 5.10. The number of ether oxygens (including phenoxy) is 1. The molecule has 0 saturated heterocycles. The Labute approximate surface area is 102 Å². The second kappa shape index (κ2) is 5.07. The third kappa shape index (κ3) is 2.33. The molecule has 3 heteroatoms. The lowest BCUT2D eigenvalue weighted by Gasteiger charge is -2.20. The molecule has 88 valence electrons. The van der Waals surface area contributed by atoms with Crippen LogP contribution >= 0.6 is 11.6 Å². The lowest BCUT2D eigenvalue weighted by atomic mass is 9.92. The summed E-state index contributed by atoms with van der Waals surface area (Å²) in [4.78, 5) is 0. The van der Waals surface area contributed by atoms with Crippen molar-refractivity contribution in [2.24, 2.45) is 11.7 Å². The van der Waals surface area contributed by atoms with Crippen LogP contribution in [0.2, 0.25) is 5.02 Å². The van der Waals surface area contributed by atoms with Gasteiger partial charge in [0.05, 0.1) is 12.1 Å². The van der Waals surface area contributed by atoms with Crippen LogP contribution in [0.5, 0.6) is 5.75 Å². The fraction of sp³-hybridized carbons (Fsp3) is 0.538. The van der Waals surface area contributed by atoms with E-state index in [4.69, 9.17) is 22.1 Å². The van der Waals surface area contributed by atoms with Crippen LogP contribution in [0.4, 0.5) is 0 Å². The third-order valence-corrected chi connectivity index (χ3v) is 3.78. The summed E-state index contributed by atoms with van der Waals surface area (Å²) in [6, 6.07) is 5.96. The number of hydrogen-bond acceptors (Lipinski definition) is 2. The molecule has 1 atom stereocenters. The van der Waals surface area contributed by atoms with E-state index >= 15 is 0 Å². The van der Waals surface area contributed by atoms with E-state index in [0.29, 0.717) is 16.7 Å². The Morgan fingerprint density at radius 3 is 2.69 bits per heavy atom. The highest BCUT2D eigenvalue weighted by atomic mass is 35.5. The predicted octanol–water partition coefficient (Wildman–Crippen LogP) is 3.54. The van der Waals surface area contributed by atoms with Crippen LogP contribution in [0.25, 0.3) is 0 Å². The average molecular weight is 240 g/mol. The molecule has 1 fully saturated rings. The number of methoxy groups -OCH3 is 1. The van der Waals surface area contributed by atoms with E-state index in [2.05, 4.69) is 0 Å². The second-order valence-corrected chi connectivity index (χ2v) is 4.87. The maximum Gasteiger partial charge on any atom is 0.137 e. The van der Waals surface area contributed by atoms with Gasteiger partial charge in [0, 0.05) is 6.04 Å². The van der Waals surface area contributed by atoms with Gasteiger partial charge in [-0.2, -0.15) is 0 Å². The van der Waals surface area contributed by atoms with Crippen molar-refractivity contribution in [1.29, 1.82) is 0 Å². The molecular weight excluding hydrogens is 222 g/mol. The fourth-order valence-electron chi connectivity index (χ4n) is 2.47. The molecule has 1 aliphatic rings. The van der Waals surface area contributed by atoms with Crippen molar-refractivity contribution >= 4 is 11.6 Å². The van der Waals surface area contributed by atoms with E-state index in [1.165, 1.54) is 25.7 Å². The van der Waals surface area contributed by atoms with E-state index in [1.807, 2.05) is 18.2 Å². The Hall–Kier alpha value is -0.730. The van der Waals surface area contributed by atoms with Gasteiger partial charge in [-0.15, -0.1) is 0 Å². The van der Waals surface area contributed by atoms with Crippen molar-refractivity contribution in [3.05, 3.63) is 28.8 Å². The molecule has 1 aliphatic carbocycles. The summed E-state index contributed by atoms with van der Waals surface area (Å²) in [7, 11) is 1.63. The normalized spacial score (nSPS) is 18.7. The van der Waals surface area contributed by atoms with Crippen molar-refractivity contribution in [1.82, 2.24) is 0 Å². The molecule has 0 radical (unpaired) electrons. The van der Waals surface area contributed by atoms with Crippen LogP contribution in [0.3, 0.4) is 0 Å². The van der Waals surface area contributed by atoms with Crippen LogP contribution < -0.4 is 10.5 Å². The molecular formula is C13H18ClNO. The molecule has 1 aromatic rings. The molecule has 16 heavy (non-hydrogen) atoms. The molecule has 0 unspecified atom stereocenters. The van der Waals surface area contributed by atoms with E-state index in [9.17, 15) is 0 Å². The minimum absolute atomic E-state index is 0.119. The zero-order valence-corrected chi connectivity index (χ0v) is 10.3. The Kier molecular flexibility index (Phi) is 3.72. The summed E-state index contributed by atoms with van der Waals surface area (Å²) in [5.74, 6) is 1.33. The summed E-state index contributed by atoms with van der Waals surface area (Å²) < 4.78 is 5.21. The van der Waals surface area contributed by atoms with Gasteiger partial charge in [-0.1, -0.05) is 30.5 Å². The van der Waals surface area contributed by atoms with Gasteiger partial charge in [-0.25, -0.2) is 0 Å². The predicted molar refractivity (Wildman–Crippen MR) is 66.9 cm³/mol. The first-order valence-electron chi connectivity index (χ1n) is 5.81. The largest absolute Gasteiger partial charge is 0.495 e. The van der Waals surface area contributed by atoms with E-state index in [0.717, 1.165) is 5.56 Å². The van der Waals surface area contributed by atoms with E-state index in [1.54, 1.807) is 7.11 Å². The first kappa shape index (κ1) is 11.7. The summed E-state index contributed by atoms with van der Waals surface area (Å²) in [5, 5.41) is 0.643. The second-order valence-electron chi connectivity index (χ2n) is 4.46. The highest BCUT2D eigenvalue weighted by Gasteiger charge is 2.23. The smallest absolute Gasteiger partial charge is 0.137 e. The lowest BCUT2D eigenvalue weighted by molar-refractivity contribution is 0.409. The summed E-state index contributed by atoms with van der Waals surface area (Å²) in [5.41, 5.74) is 7.41. The number of nitrogens with two attached hydrogens (primary N) is 1. The first-order chi connectivity index (χ1) is 7.72. The van der Waals surface area contributed by atoms with Crippen LogP contribution in [-0.2, 0) is 0 Å². The van der Waals surface area contributed by atoms with Crippen LogP contribution in [0.15, 0.2) is 18.2 Å². The molecule has 0 heterocycles. The molecule has 0 spiro atoms. The Morgan fingerprint density at radius 1 is 1.38 bits per heavy atom. The zero-order valence-electron chi connectivity index (χ0n) is 9.58.